The van der Waals surface area contributed by atoms with Crippen molar-refractivity contribution in [3.05, 3.63) is 53.6 Å². The predicted octanol–water partition coefficient (Wildman–Crippen LogP) is 2.29. The van der Waals surface area contributed by atoms with Crippen LogP contribution in [0.15, 0.2) is 47.4 Å². The highest BCUT2D eigenvalue weighted by molar-refractivity contribution is 7.89. The van der Waals surface area contributed by atoms with Crippen molar-refractivity contribution < 1.29 is 32.5 Å². The second-order valence-corrected chi connectivity index (χ2v) is 7.33. The second kappa shape index (κ2) is 9.25. The normalized spacial score (nSPS) is 11.4. The summed E-state index contributed by atoms with van der Waals surface area (Å²) >= 11 is 0. The molecule has 0 saturated heterocycles. The Bertz CT molecular complexity index is 967. The molecule has 0 spiro atoms. The topological polar surface area (TPSA) is 111 Å². The van der Waals surface area contributed by atoms with Crippen LogP contribution in [0.2, 0.25) is 0 Å². The predicted molar refractivity (Wildman–Crippen MR) is 103 cm³/mol. The number of hydrogen-bond donors (Lipinski definition) is 2. The standard InChI is InChI=1S/C19H21NO7S/c1-25-15-7-4-13(5-8-15)12-20-28(23,24)17-11-14(6-9-18(21)22)10-16(26-2)19(17)27-3/h4-11,20H,12H2,1-3H3,(H,21,22)/b9-6+. The average molecular weight is 407 g/mol. The van der Waals surface area contributed by atoms with Crippen LogP contribution in [0.3, 0.4) is 0 Å². The molecule has 0 aromatic heterocycles. The molecule has 2 N–H and O–H groups in total. The lowest BCUT2D eigenvalue weighted by Crippen LogP contribution is -2.24. The van der Waals surface area contributed by atoms with Gasteiger partial charge in [0.05, 0.1) is 21.3 Å². The van der Waals surface area contributed by atoms with E-state index in [1.54, 1.807) is 31.4 Å². The number of carboxylic acid groups (broad SMARTS) is 1. The van der Waals surface area contributed by atoms with E-state index in [4.69, 9.17) is 19.3 Å². The Kier molecular flexibility index (Phi) is 7.02. The van der Waals surface area contributed by atoms with E-state index in [0.717, 1.165) is 11.6 Å². The molecule has 2 rings (SSSR count). The van der Waals surface area contributed by atoms with Gasteiger partial charge in [0, 0.05) is 12.6 Å². The van der Waals surface area contributed by atoms with E-state index in [-0.39, 0.29) is 22.9 Å². The number of aliphatic carboxylic acids is 1. The molecule has 0 atom stereocenters. The number of sulfonamides is 1. The minimum Gasteiger partial charge on any atom is -0.497 e. The molecule has 0 bridgehead atoms. The second-order valence-electron chi connectivity index (χ2n) is 5.60. The molecular weight excluding hydrogens is 386 g/mol. The number of carbonyl (C=O) groups is 1. The van der Waals surface area contributed by atoms with Gasteiger partial charge in [-0.2, -0.15) is 0 Å². The van der Waals surface area contributed by atoms with Crippen LogP contribution in [0.25, 0.3) is 6.08 Å². The molecule has 2 aromatic rings. The minimum atomic E-state index is -3.98. The van der Waals surface area contributed by atoms with Crippen LogP contribution >= 0.6 is 0 Å². The zero-order chi connectivity index (χ0) is 20.7. The Morgan fingerprint density at radius 1 is 1.07 bits per heavy atom. The molecule has 8 nitrogen and oxygen atoms in total. The Morgan fingerprint density at radius 2 is 1.75 bits per heavy atom. The largest absolute Gasteiger partial charge is 0.497 e. The van der Waals surface area contributed by atoms with Gasteiger partial charge < -0.3 is 19.3 Å². The van der Waals surface area contributed by atoms with Crippen LogP contribution < -0.4 is 18.9 Å². The molecule has 9 heteroatoms. The lowest BCUT2D eigenvalue weighted by molar-refractivity contribution is -0.131. The van der Waals surface area contributed by atoms with Crippen LogP contribution in [0.1, 0.15) is 11.1 Å². The highest BCUT2D eigenvalue weighted by Crippen LogP contribution is 2.36. The molecule has 0 aliphatic rings. The van der Waals surface area contributed by atoms with Gasteiger partial charge in [0.25, 0.3) is 0 Å². The quantitative estimate of drug-likeness (QED) is 0.614. The van der Waals surface area contributed by atoms with Crippen LogP contribution in [-0.2, 0) is 21.4 Å². The molecule has 0 fully saturated rings. The van der Waals surface area contributed by atoms with E-state index in [0.29, 0.717) is 11.3 Å². The zero-order valence-corrected chi connectivity index (χ0v) is 16.4. The third-order valence-electron chi connectivity index (χ3n) is 3.80. The molecule has 0 aliphatic heterocycles. The van der Waals surface area contributed by atoms with E-state index in [2.05, 4.69) is 4.72 Å². The molecule has 150 valence electrons. The van der Waals surface area contributed by atoms with Gasteiger partial charge in [-0.25, -0.2) is 17.9 Å². The fourth-order valence-electron chi connectivity index (χ4n) is 2.41. The van der Waals surface area contributed by atoms with Crippen molar-refractivity contribution in [2.24, 2.45) is 0 Å². The van der Waals surface area contributed by atoms with Crippen molar-refractivity contribution >= 4 is 22.1 Å². The van der Waals surface area contributed by atoms with Crippen molar-refractivity contribution in [1.29, 1.82) is 0 Å². The maximum atomic E-state index is 12.9. The summed E-state index contributed by atoms with van der Waals surface area (Å²) in [6, 6.07) is 9.74. The highest BCUT2D eigenvalue weighted by Gasteiger charge is 2.23. The number of rotatable bonds is 9. The maximum absolute atomic E-state index is 12.9. The van der Waals surface area contributed by atoms with E-state index < -0.39 is 16.0 Å². The van der Waals surface area contributed by atoms with Gasteiger partial charge in [-0.15, -0.1) is 0 Å². The van der Waals surface area contributed by atoms with Crippen LogP contribution in [-0.4, -0.2) is 40.8 Å². The summed E-state index contributed by atoms with van der Waals surface area (Å²) < 4.78 is 43.7. The third-order valence-corrected chi connectivity index (χ3v) is 5.21. The fraction of sp³-hybridized carbons (Fsp3) is 0.211. The number of benzene rings is 2. The Morgan fingerprint density at radius 3 is 2.29 bits per heavy atom. The SMILES string of the molecule is COc1ccc(CNS(=O)(=O)c2cc(/C=C/C(=O)O)cc(OC)c2OC)cc1. The lowest BCUT2D eigenvalue weighted by atomic mass is 10.2. The average Bonchev–Trinajstić information content (AvgIpc) is 2.70. The Balaban J connectivity index is 2.38. The molecule has 0 unspecified atom stereocenters. The summed E-state index contributed by atoms with van der Waals surface area (Å²) in [6.07, 6.45) is 2.18. The van der Waals surface area contributed by atoms with Crippen molar-refractivity contribution in [2.75, 3.05) is 21.3 Å². The third kappa shape index (κ3) is 5.24. The smallest absolute Gasteiger partial charge is 0.328 e. The summed E-state index contributed by atoms with van der Waals surface area (Å²) in [5, 5.41) is 8.80. The number of ether oxygens (including phenoxy) is 3. The Labute approximate surface area is 163 Å². The number of methoxy groups -OCH3 is 3. The maximum Gasteiger partial charge on any atom is 0.328 e. The molecule has 0 amide bonds. The fourth-order valence-corrected chi connectivity index (χ4v) is 3.64. The monoisotopic (exact) mass is 407 g/mol. The van der Waals surface area contributed by atoms with Crippen molar-refractivity contribution in [2.45, 2.75) is 11.4 Å². The molecule has 0 aliphatic carbocycles. The van der Waals surface area contributed by atoms with Gasteiger partial charge >= 0.3 is 5.97 Å². The number of carboxylic acids is 1. The van der Waals surface area contributed by atoms with Crippen molar-refractivity contribution in [3.63, 3.8) is 0 Å². The lowest BCUT2D eigenvalue weighted by Gasteiger charge is -2.15. The molecule has 0 radical (unpaired) electrons. The van der Waals surface area contributed by atoms with Gasteiger partial charge in [-0.1, -0.05) is 12.1 Å². The van der Waals surface area contributed by atoms with Crippen LogP contribution in [0.4, 0.5) is 0 Å². The van der Waals surface area contributed by atoms with E-state index in [9.17, 15) is 13.2 Å². The molecule has 28 heavy (non-hydrogen) atoms. The zero-order valence-electron chi connectivity index (χ0n) is 15.6. The minimum absolute atomic E-state index is 0.0252. The Hall–Kier alpha value is -3.04. The van der Waals surface area contributed by atoms with E-state index in [1.165, 1.54) is 32.4 Å². The summed E-state index contributed by atoms with van der Waals surface area (Å²) in [5.41, 5.74) is 1.07. The van der Waals surface area contributed by atoms with Gasteiger partial charge in [-0.3, -0.25) is 0 Å². The highest BCUT2D eigenvalue weighted by atomic mass is 32.2. The van der Waals surface area contributed by atoms with Crippen LogP contribution in [0, 0.1) is 0 Å². The van der Waals surface area contributed by atoms with Crippen molar-refractivity contribution in [1.82, 2.24) is 4.72 Å². The van der Waals surface area contributed by atoms with Gasteiger partial charge in [0.15, 0.2) is 11.5 Å². The molecule has 0 saturated carbocycles. The first kappa shape index (κ1) is 21.3. The van der Waals surface area contributed by atoms with Crippen LogP contribution in [0.5, 0.6) is 17.2 Å². The first-order chi connectivity index (χ1) is 13.3. The summed E-state index contributed by atoms with van der Waals surface area (Å²) in [4.78, 5) is 10.6. The first-order valence-corrected chi connectivity index (χ1v) is 9.58. The van der Waals surface area contributed by atoms with E-state index in [1.807, 2.05) is 0 Å². The van der Waals surface area contributed by atoms with Crippen molar-refractivity contribution in [3.8, 4) is 17.2 Å². The van der Waals surface area contributed by atoms with Gasteiger partial charge in [0.2, 0.25) is 10.0 Å². The summed E-state index contributed by atoms with van der Waals surface area (Å²) in [5.74, 6) is -0.301. The number of hydrogen-bond acceptors (Lipinski definition) is 6. The van der Waals surface area contributed by atoms with Gasteiger partial charge in [0.1, 0.15) is 10.6 Å². The number of nitrogens with one attached hydrogen (secondary N) is 1. The summed E-state index contributed by atoms with van der Waals surface area (Å²) in [6.45, 7) is 0.0486. The summed E-state index contributed by atoms with van der Waals surface area (Å²) in [7, 11) is 0.258. The first-order valence-electron chi connectivity index (χ1n) is 8.10. The van der Waals surface area contributed by atoms with E-state index >= 15 is 0 Å². The molecule has 2 aromatic carbocycles. The van der Waals surface area contributed by atoms with Gasteiger partial charge in [-0.05, 0) is 41.5 Å². The molecule has 0 heterocycles. The molecular formula is C19H21NO7S.